The molecule has 0 unspecified atom stereocenters. The zero-order valence-electron chi connectivity index (χ0n) is 11.3. The normalized spacial score (nSPS) is 10.1. The van der Waals surface area contributed by atoms with E-state index in [1.165, 1.54) is 0 Å². The van der Waals surface area contributed by atoms with Crippen molar-refractivity contribution in [2.45, 2.75) is 13.5 Å². The lowest BCUT2D eigenvalue weighted by Crippen LogP contribution is -2.10. The van der Waals surface area contributed by atoms with Crippen LogP contribution < -0.4 is 15.8 Å². The molecule has 3 N–H and O–H groups in total. The van der Waals surface area contributed by atoms with Crippen molar-refractivity contribution in [1.29, 1.82) is 0 Å². The van der Waals surface area contributed by atoms with Crippen LogP contribution in [0.5, 0.6) is 5.75 Å². The van der Waals surface area contributed by atoms with Gasteiger partial charge in [-0.2, -0.15) is 0 Å². The minimum atomic E-state index is -0.448. The molecule has 1 heterocycles. The summed E-state index contributed by atoms with van der Waals surface area (Å²) in [6, 6.07) is 12.5. The monoisotopic (exact) mass is 271 g/mol. The number of primary amides is 1. The highest BCUT2D eigenvalue weighted by molar-refractivity contribution is 5.92. The molecular weight excluding hydrogens is 254 g/mol. The summed E-state index contributed by atoms with van der Waals surface area (Å²) in [6.45, 7) is 3.21. The maximum atomic E-state index is 11.0. The Morgan fingerprint density at radius 1 is 1.25 bits per heavy atom. The van der Waals surface area contributed by atoms with Crippen LogP contribution in [-0.4, -0.2) is 17.4 Å². The second-order valence-electron chi connectivity index (χ2n) is 4.22. The Bertz CT molecular complexity index is 582. The number of anilines is 1. The van der Waals surface area contributed by atoms with Gasteiger partial charge in [0.1, 0.15) is 18.2 Å². The molecule has 0 saturated carbocycles. The molecule has 0 saturated heterocycles. The average molecular weight is 271 g/mol. The fraction of sp³-hybridized carbons (Fsp3) is 0.200. The largest absolute Gasteiger partial charge is 0.487 e. The van der Waals surface area contributed by atoms with E-state index >= 15 is 0 Å². The molecule has 2 aromatic rings. The third-order valence-corrected chi connectivity index (χ3v) is 2.69. The van der Waals surface area contributed by atoms with Crippen LogP contribution >= 0.6 is 0 Å². The van der Waals surface area contributed by atoms with Crippen molar-refractivity contribution >= 4 is 11.7 Å². The summed E-state index contributed by atoms with van der Waals surface area (Å²) in [5.41, 5.74) is 6.48. The van der Waals surface area contributed by atoms with Gasteiger partial charge in [-0.1, -0.05) is 6.07 Å². The lowest BCUT2D eigenvalue weighted by atomic mass is 10.2. The predicted octanol–water partition coefficient (Wildman–Crippen LogP) is 2.19. The minimum Gasteiger partial charge on any atom is -0.487 e. The van der Waals surface area contributed by atoms with Crippen LogP contribution in [0.1, 0.15) is 23.0 Å². The Morgan fingerprint density at radius 3 is 2.65 bits per heavy atom. The summed E-state index contributed by atoms with van der Waals surface area (Å²) < 4.78 is 5.62. The molecule has 5 nitrogen and oxygen atoms in total. The quantitative estimate of drug-likeness (QED) is 0.844. The van der Waals surface area contributed by atoms with E-state index in [4.69, 9.17) is 10.5 Å². The number of aromatic nitrogens is 1. The summed E-state index contributed by atoms with van der Waals surface area (Å²) in [4.78, 5) is 15.4. The molecule has 1 aromatic carbocycles. The fourth-order valence-corrected chi connectivity index (χ4v) is 1.71. The minimum absolute atomic E-state index is 0.370. The second kappa shape index (κ2) is 6.56. The Morgan fingerprint density at radius 2 is 2.00 bits per heavy atom. The van der Waals surface area contributed by atoms with Gasteiger partial charge in [-0.05, 0) is 43.3 Å². The average Bonchev–Trinajstić information content (AvgIpc) is 2.46. The number of benzene rings is 1. The maximum Gasteiger partial charge on any atom is 0.248 e. The molecule has 104 valence electrons. The highest BCUT2D eigenvalue weighted by atomic mass is 16.5. The van der Waals surface area contributed by atoms with E-state index in [9.17, 15) is 4.79 Å². The number of amides is 1. The highest BCUT2D eigenvalue weighted by Crippen LogP contribution is 2.14. The molecule has 0 aliphatic carbocycles. The predicted molar refractivity (Wildman–Crippen MR) is 77.7 cm³/mol. The first-order valence-electron chi connectivity index (χ1n) is 6.41. The molecule has 0 aliphatic heterocycles. The van der Waals surface area contributed by atoms with Crippen molar-refractivity contribution in [1.82, 2.24) is 4.98 Å². The molecule has 1 amide bonds. The van der Waals surface area contributed by atoms with Crippen molar-refractivity contribution in [2.24, 2.45) is 5.73 Å². The van der Waals surface area contributed by atoms with Crippen molar-refractivity contribution in [3.63, 3.8) is 0 Å². The molecule has 0 bridgehead atoms. The van der Waals surface area contributed by atoms with Crippen molar-refractivity contribution in [2.75, 3.05) is 11.9 Å². The van der Waals surface area contributed by atoms with Gasteiger partial charge in [-0.3, -0.25) is 4.79 Å². The first-order valence-corrected chi connectivity index (χ1v) is 6.41. The number of carbonyl (C=O) groups excluding carboxylic acids is 1. The van der Waals surface area contributed by atoms with Crippen LogP contribution in [0.4, 0.5) is 5.82 Å². The number of ether oxygens (including phenoxy) is 1. The number of rotatable bonds is 6. The van der Waals surface area contributed by atoms with Crippen LogP contribution in [0.15, 0.2) is 42.5 Å². The molecule has 20 heavy (non-hydrogen) atoms. The molecule has 0 spiro atoms. The third-order valence-electron chi connectivity index (χ3n) is 2.69. The smallest absolute Gasteiger partial charge is 0.248 e. The maximum absolute atomic E-state index is 11.0. The summed E-state index contributed by atoms with van der Waals surface area (Å²) in [5, 5.41) is 3.15. The van der Waals surface area contributed by atoms with Crippen molar-refractivity contribution in [3.05, 3.63) is 53.7 Å². The lowest BCUT2D eigenvalue weighted by molar-refractivity contribution is 0.100. The van der Waals surface area contributed by atoms with Gasteiger partial charge in [0.25, 0.3) is 0 Å². The van der Waals surface area contributed by atoms with Crippen LogP contribution in [0.25, 0.3) is 0 Å². The molecule has 0 radical (unpaired) electrons. The van der Waals surface area contributed by atoms with E-state index in [2.05, 4.69) is 10.3 Å². The summed E-state index contributed by atoms with van der Waals surface area (Å²) in [5.74, 6) is 1.06. The number of hydrogen-bond donors (Lipinski definition) is 2. The first-order chi connectivity index (χ1) is 9.69. The molecular formula is C15H17N3O2. The van der Waals surface area contributed by atoms with E-state index in [0.717, 1.165) is 18.1 Å². The van der Waals surface area contributed by atoms with Gasteiger partial charge in [0.05, 0.1) is 5.69 Å². The Hall–Kier alpha value is -2.56. The van der Waals surface area contributed by atoms with Crippen LogP contribution in [0.2, 0.25) is 0 Å². The number of nitrogens with two attached hydrogens (primary N) is 1. The lowest BCUT2D eigenvalue weighted by Gasteiger charge is -2.08. The molecule has 0 atom stereocenters. The van der Waals surface area contributed by atoms with Gasteiger partial charge in [0, 0.05) is 12.1 Å². The molecule has 5 heteroatoms. The fourth-order valence-electron chi connectivity index (χ4n) is 1.71. The van der Waals surface area contributed by atoms with Crippen molar-refractivity contribution in [3.8, 4) is 5.75 Å². The Balaban J connectivity index is 1.97. The topological polar surface area (TPSA) is 77.2 Å². The molecule has 1 aromatic heterocycles. The van der Waals surface area contributed by atoms with Gasteiger partial charge in [0.2, 0.25) is 5.91 Å². The van der Waals surface area contributed by atoms with Crippen LogP contribution in [-0.2, 0) is 6.61 Å². The van der Waals surface area contributed by atoms with E-state index < -0.39 is 5.91 Å². The third kappa shape index (κ3) is 3.71. The van der Waals surface area contributed by atoms with E-state index in [-0.39, 0.29) is 0 Å². The Labute approximate surface area is 117 Å². The van der Waals surface area contributed by atoms with E-state index in [1.54, 1.807) is 24.3 Å². The zero-order chi connectivity index (χ0) is 14.4. The van der Waals surface area contributed by atoms with Gasteiger partial charge >= 0.3 is 0 Å². The second-order valence-corrected chi connectivity index (χ2v) is 4.22. The van der Waals surface area contributed by atoms with Crippen molar-refractivity contribution < 1.29 is 9.53 Å². The van der Waals surface area contributed by atoms with Gasteiger partial charge in [-0.15, -0.1) is 0 Å². The number of carbonyl (C=O) groups is 1. The van der Waals surface area contributed by atoms with Gasteiger partial charge in [-0.25, -0.2) is 4.98 Å². The number of nitrogens with one attached hydrogen (secondary N) is 1. The SMILES string of the molecule is CCNc1cccc(COc2ccc(C(N)=O)cc2)n1. The van der Waals surface area contributed by atoms with Gasteiger partial charge < -0.3 is 15.8 Å². The summed E-state index contributed by atoms with van der Waals surface area (Å²) in [7, 11) is 0. The van der Waals surface area contributed by atoms with Crippen LogP contribution in [0, 0.1) is 0 Å². The summed E-state index contributed by atoms with van der Waals surface area (Å²) in [6.07, 6.45) is 0. The summed E-state index contributed by atoms with van der Waals surface area (Å²) >= 11 is 0. The standard InChI is InChI=1S/C15H17N3O2/c1-2-17-14-5-3-4-12(18-14)10-20-13-8-6-11(7-9-13)15(16)19/h3-9H,2,10H2,1H3,(H2,16,19)(H,17,18). The van der Waals surface area contributed by atoms with E-state index in [1.807, 2.05) is 25.1 Å². The Kier molecular flexibility index (Phi) is 4.55. The van der Waals surface area contributed by atoms with E-state index in [0.29, 0.717) is 17.9 Å². The number of hydrogen-bond acceptors (Lipinski definition) is 4. The molecule has 2 rings (SSSR count). The zero-order valence-corrected chi connectivity index (χ0v) is 11.3. The first kappa shape index (κ1) is 13.9. The number of nitrogens with zero attached hydrogens (tertiary/aromatic N) is 1. The molecule has 0 aliphatic rings. The van der Waals surface area contributed by atoms with Crippen LogP contribution in [0.3, 0.4) is 0 Å². The number of pyridine rings is 1. The van der Waals surface area contributed by atoms with Gasteiger partial charge in [0.15, 0.2) is 0 Å². The molecule has 0 fully saturated rings. The highest BCUT2D eigenvalue weighted by Gasteiger charge is 2.02.